The van der Waals surface area contributed by atoms with Crippen LogP contribution in [0.2, 0.25) is 5.02 Å². The van der Waals surface area contributed by atoms with E-state index in [2.05, 4.69) is 0 Å². The van der Waals surface area contributed by atoms with Crippen LogP contribution in [0.5, 0.6) is 28.7 Å². The van der Waals surface area contributed by atoms with E-state index in [1.807, 2.05) is 19.9 Å². The summed E-state index contributed by atoms with van der Waals surface area (Å²) >= 11 is 6.44. The quantitative estimate of drug-likeness (QED) is 0.413. The highest BCUT2D eigenvalue weighted by atomic mass is 35.5. The molecular weight excluding hydrogens is 416 g/mol. The second-order valence-electron chi connectivity index (χ2n) is 7.17. The molecule has 0 spiro atoms. The van der Waals surface area contributed by atoms with Gasteiger partial charge in [-0.05, 0) is 61.4 Å². The van der Waals surface area contributed by atoms with Crippen LogP contribution in [0, 0.1) is 0 Å². The summed E-state index contributed by atoms with van der Waals surface area (Å²) in [6.45, 7) is 4.42. The first-order chi connectivity index (χ1) is 14.8. The maximum atomic E-state index is 11.1. The number of methoxy groups -OCH3 is 2. The molecule has 2 N–H and O–H groups in total. The lowest BCUT2D eigenvalue weighted by Gasteiger charge is -2.18. The van der Waals surface area contributed by atoms with Gasteiger partial charge in [-0.3, -0.25) is 0 Å². The van der Waals surface area contributed by atoms with Gasteiger partial charge < -0.3 is 24.4 Å². The van der Waals surface area contributed by atoms with Crippen LogP contribution >= 0.6 is 11.6 Å². The van der Waals surface area contributed by atoms with Gasteiger partial charge in [-0.25, -0.2) is 0 Å². The average molecular weight is 441 g/mol. The second kappa shape index (κ2) is 9.67. The fraction of sp³-hybridized carbons (Fsp3) is 0.200. The van der Waals surface area contributed by atoms with E-state index in [0.29, 0.717) is 45.6 Å². The standard InChI is InChI=1S/C25H25ClO5/c1-15(2)11-12-31-21-10-7-17(13-20(21)26)23-22(29-3)14-19(25(30-4)24(23)28)16-5-8-18(27)9-6-16/h5-11,13-14,27-28H,12H2,1-4H3. The minimum absolute atomic E-state index is 0.0702. The van der Waals surface area contributed by atoms with E-state index in [0.717, 1.165) is 11.1 Å². The Morgan fingerprint density at radius 3 is 2.16 bits per heavy atom. The molecule has 162 valence electrons. The predicted molar refractivity (Wildman–Crippen MR) is 124 cm³/mol. The Morgan fingerprint density at radius 1 is 0.903 bits per heavy atom. The molecule has 0 aliphatic carbocycles. The summed E-state index contributed by atoms with van der Waals surface area (Å²) in [7, 11) is 3.02. The minimum atomic E-state index is -0.0702. The molecule has 3 rings (SSSR count). The van der Waals surface area contributed by atoms with Crippen molar-refractivity contribution in [3.63, 3.8) is 0 Å². The van der Waals surface area contributed by atoms with E-state index in [-0.39, 0.29) is 11.5 Å². The average Bonchev–Trinajstić information content (AvgIpc) is 2.74. The van der Waals surface area contributed by atoms with Gasteiger partial charge in [-0.2, -0.15) is 0 Å². The molecule has 0 unspecified atom stereocenters. The van der Waals surface area contributed by atoms with Crippen molar-refractivity contribution in [3.05, 3.63) is 65.2 Å². The molecule has 0 aliphatic rings. The smallest absolute Gasteiger partial charge is 0.170 e. The number of hydrogen-bond acceptors (Lipinski definition) is 5. The van der Waals surface area contributed by atoms with Crippen molar-refractivity contribution < 1.29 is 24.4 Å². The van der Waals surface area contributed by atoms with Crippen molar-refractivity contribution in [2.75, 3.05) is 20.8 Å². The summed E-state index contributed by atoms with van der Waals surface area (Å²) < 4.78 is 16.8. The lowest BCUT2D eigenvalue weighted by Crippen LogP contribution is -1.97. The topological polar surface area (TPSA) is 68.2 Å². The van der Waals surface area contributed by atoms with Gasteiger partial charge >= 0.3 is 0 Å². The summed E-state index contributed by atoms with van der Waals surface area (Å²) in [6.07, 6.45) is 1.96. The third kappa shape index (κ3) is 4.89. The molecule has 0 amide bonds. The Balaban J connectivity index is 2.08. The number of halogens is 1. The highest BCUT2D eigenvalue weighted by Gasteiger charge is 2.22. The third-order valence-corrected chi connectivity index (χ3v) is 5.07. The van der Waals surface area contributed by atoms with Gasteiger partial charge in [0.15, 0.2) is 11.5 Å². The van der Waals surface area contributed by atoms with Crippen LogP contribution in [0.3, 0.4) is 0 Å². The van der Waals surface area contributed by atoms with Gasteiger partial charge in [0.25, 0.3) is 0 Å². The Kier molecular flexibility index (Phi) is 6.98. The number of allylic oxidation sites excluding steroid dienone is 1. The lowest BCUT2D eigenvalue weighted by molar-refractivity contribution is 0.362. The number of phenolic OH excluding ortho intramolecular Hbond substituents is 2. The Bertz CT molecular complexity index is 1100. The SMILES string of the molecule is COc1cc(-c2ccc(O)cc2)c(OC)c(O)c1-c1ccc(OCC=C(C)C)c(Cl)c1. The zero-order chi connectivity index (χ0) is 22.5. The third-order valence-electron chi connectivity index (χ3n) is 4.77. The van der Waals surface area contributed by atoms with E-state index in [1.54, 1.807) is 48.5 Å². The molecule has 31 heavy (non-hydrogen) atoms. The van der Waals surface area contributed by atoms with E-state index in [9.17, 15) is 10.2 Å². The molecule has 0 radical (unpaired) electrons. The van der Waals surface area contributed by atoms with Crippen molar-refractivity contribution in [1.29, 1.82) is 0 Å². The highest BCUT2D eigenvalue weighted by Crippen LogP contribution is 2.50. The molecule has 3 aromatic carbocycles. The fourth-order valence-corrected chi connectivity index (χ4v) is 3.44. The molecule has 0 bridgehead atoms. The Labute approximate surface area is 187 Å². The van der Waals surface area contributed by atoms with Gasteiger partial charge in [0.1, 0.15) is 23.9 Å². The molecule has 6 heteroatoms. The van der Waals surface area contributed by atoms with Crippen LogP contribution in [0.15, 0.2) is 60.2 Å². The molecule has 0 aliphatic heterocycles. The molecule has 5 nitrogen and oxygen atoms in total. The molecule has 0 heterocycles. The minimum Gasteiger partial charge on any atom is -0.508 e. The Hall–Kier alpha value is -3.31. The molecule has 0 saturated heterocycles. The fourth-order valence-electron chi connectivity index (χ4n) is 3.20. The van der Waals surface area contributed by atoms with Gasteiger partial charge in [0.2, 0.25) is 0 Å². The van der Waals surface area contributed by atoms with Crippen LogP contribution in [0.1, 0.15) is 13.8 Å². The first-order valence-electron chi connectivity index (χ1n) is 9.69. The summed E-state index contributed by atoms with van der Waals surface area (Å²) in [5.74, 6) is 1.38. The van der Waals surface area contributed by atoms with Crippen molar-refractivity contribution in [1.82, 2.24) is 0 Å². The summed E-state index contributed by atoms with van der Waals surface area (Å²) in [6, 6.07) is 13.7. The first kappa shape index (κ1) is 22.4. The molecule has 0 aromatic heterocycles. The number of benzene rings is 3. The summed E-state index contributed by atoms with van der Waals surface area (Å²) in [4.78, 5) is 0. The zero-order valence-electron chi connectivity index (χ0n) is 17.9. The van der Waals surface area contributed by atoms with E-state index in [4.69, 9.17) is 25.8 Å². The van der Waals surface area contributed by atoms with Crippen molar-refractivity contribution in [3.8, 4) is 51.0 Å². The normalized spacial score (nSPS) is 10.5. The largest absolute Gasteiger partial charge is 0.508 e. The van der Waals surface area contributed by atoms with Gasteiger partial charge in [-0.1, -0.05) is 35.4 Å². The van der Waals surface area contributed by atoms with E-state index >= 15 is 0 Å². The van der Waals surface area contributed by atoms with Crippen molar-refractivity contribution in [2.45, 2.75) is 13.8 Å². The molecule has 0 atom stereocenters. The van der Waals surface area contributed by atoms with E-state index in [1.165, 1.54) is 14.2 Å². The predicted octanol–water partition coefficient (Wildman–Crippen LogP) is 6.45. The van der Waals surface area contributed by atoms with Crippen LogP contribution in [-0.2, 0) is 0 Å². The number of phenols is 2. The first-order valence-corrected chi connectivity index (χ1v) is 10.1. The van der Waals surface area contributed by atoms with Crippen molar-refractivity contribution in [2.24, 2.45) is 0 Å². The highest BCUT2D eigenvalue weighted by molar-refractivity contribution is 6.32. The van der Waals surface area contributed by atoms with Crippen LogP contribution in [0.25, 0.3) is 22.3 Å². The second-order valence-corrected chi connectivity index (χ2v) is 7.57. The van der Waals surface area contributed by atoms with Gasteiger partial charge in [0, 0.05) is 5.56 Å². The molecule has 3 aromatic rings. The molecular formula is C25H25ClO5. The molecule has 0 fully saturated rings. The lowest BCUT2D eigenvalue weighted by atomic mass is 9.96. The number of ether oxygens (including phenoxy) is 3. The summed E-state index contributed by atoms with van der Waals surface area (Å²) in [5.41, 5.74) is 3.66. The van der Waals surface area contributed by atoms with Crippen LogP contribution < -0.4 is 14.2 Å². The maximum absolute atomic E-state index is 11.1. The number of hydrogen-bond donors (Lipinski definition) is 2. The zero-order valence-corrected chi connectivity index (χ0v) is 18.7. The molecule has 0 saturated carbocycles. The van der Waals surface area contributed by atoms with Crippen LogP contribution in [-0.4, -0.2) is 31.0 Å². The van der Waals surface area contributed by atoms with E-state index < -0.39 is 0 Å². The van der Waals surface area contributed by atoms with Crippen LogP contribution in [0.4, 0.5) is 0 Å². The number of rotatable bonds is 7. The maximum Gasteiger partial charge on any atom is 0.170 e. The summed E-state index contributed by atoms with van der Waals surface area (Å²) in [5, 5.41) is 21.1. The monoisotopic (exact) mass is 440 g/mol. The van der Waals surface area contributed by atoms with Gasteiger partial charge in [-0.15, -0.1) is 0 Å². The number of aromatic hydroxyl groups is 2. The Morgan fingerprint density at radius 2 is 1.58 bits per heavy atom. The van der Waals surface area contributed by atoms with Crippen molar-refractivity contribution >= 4 is 11.6 Å². The van der Waals surface area contributed by atoms with Gasteiger partial charge in [0.05, 0.1) is 24.8 Å².